The number of ether oxygens (including phenoxy) is 1. The van der Waals surface area contributed by atoms with E-state index in [4.69, 9.17) is 10.5 Å². The van der Waals surface area contributed by atoms with Crippen LogP contribution in [0.4, 0.5) is 13.2 Å². The fourth-order valence-electron chi connectivity index (χ4n) is 1.33. The third-order valence-corrected chi connectivity index (χ3v) is 2.01. The maximum absolute atomic E-state index is 12.7. The number of rotatable bonds is 3. The van der Waals surface area contributed by atoms with Crippen LogP contribution in [-0.2, 0) is 6.18 Å². The largest absolute Gasteiger partial charge is 0.496 e. The van der Waals surface area contributed by atoms with Crippen molar-refractivity contribution in [3.05, 3.63) is 35.4 Å². The molecule has 0 radical (unpaired) electrons. The second-order valence-corrected chi connectivity index (χ2v) is 3.06. The number of alkyl halides is 3. The highest BCUT2D eigenvalue weighted by Crippen LogP contribution is 2.36. The SMILES string of the molecule is COc1cccc(C(F)(F)F)c1/C=C/CN. The van der Waals surface area contributed by atoms with Gasteiger partial charge in [-0.3, -0.25) is 0 Å². The minimum absolute atomic E-state index is 0.00273. The van der Waals surface area contributed by atoms with Gasteiger partial charge in [-0.1, -0.05) is 18.2 Å². The van der Waals surface area contributed by atoms with Gasteiger partial charge in [0.05, 0.1) is 12.7 Å². The summed E-state index contributed by atoms with van der Waals surface area (Å²) in [6.45, 7) is 0.176. The third-order valence-electron chi connectivity index (χ3n) is 2.01. The van der Waals surface area contributed by atoms with Gasteiger partial charge >= 0.3 is 6.18 Å². The van der Waals surface area contributed by atoms with Crippen molar-refractivity contribution in [2.24, 2.45) is 5.73 Å². The van der Waals surface area contributed by atoms with Gasteiger partial charge in [-0.2, -0.15) is 13.2 Å². The van der Waals surface area contributed by atoms with Crippen molar-refractivity contribution in [1.29, 1.82) is 0 Å². The quantitative estimate of drug-likeness (QED) is 0.868. The Morgan fingerprint density at radius 1 is 1.38 bits per heavy atom. The second kappa shape index (κ2) is 5.03. The molecule has 0 aliphatic rings. The van der Waals surface area contributed by atoms with Crippen LogP contribution >= 0.6 is 0 Å². The second-order valence-electron chi connectivity index (χ2n) is 3.06. The zero-order valence-corrected chi connectivity index (χ0v) is 8.71. The van der Waals surface area contributed by atoms with E-state index < -0.39 is 11.7 Å². The Morgan fingerprint density at radius 3 is 2.56 bits per heavy atom. The normalized spacial score (nSPS) is 12.1. The first-order valence-corrected chi connectivity index (χ1v) is 4.61. The van der Waals surface area contributed by atoms with Crippen LogP contribution in [0.2, 0.25) is 0 Å². The molecule has 1 aromatic carbocycles. The molecule has 0 fully saturated rings. The van der Waals surface area contributed by atoms with Crippen LogP contribution in [0, 0.1) is 0 Å². The van der Waals surface area contributed by atoms with Gasteiger partial charge < -0.3 is 10.5 Å². The molecule has 2 nitrogen and oxygen atoms in total. The minimum atomic E-state index is -4.40. The maximum Gasteiger partial charge on any atom is 0.417 e. The van der Waals surface area contributed by atoms with Crippen molar-refractivity contribution in [1.82, 2.24) is 0 Å². The van der Waals surface area contributed by atoms with Crippen LogP contribution in [0.25, 0.3) is 6.08 Å². The van der Waals surface area contributed by atoms with Gasteiger partial charge in [0.25, 0.3) is 0 Å². The zero-order chi connectivity index (χ0) is 12.2. The fraction of sp³-hybridized carbons (Fsp3) is 0.273. The topological polar surface area (TPSA) is 35.2 Å². The minimum Gasteiger partial charge on any atom is -0.496 e. The Labute approximate surface area is 91.5 Å². The van der Waals surface area contributed by atoms with Gasteiger partial charge in [0, 0.05) is 12.1 Å². The molecule has 0 atom stereocenters. The highest BCUT2D eigenvalue weighted by Gasteiger charge is 2.33. The van der Waals surface area contributed by atoms with Gasteiger partial charge in [0.2, 0.25) is 0 Å². The average molecular weight is 231 g/mol. The number of hydrogen-bond acceptors (Lipinski definition) is 2. The van der Waals surface area contributed by atoms with Gasteiger partial charge in [-0.05, 0) is 12.1 Å². The lowest BCUT2D eigenvalue weighted by Gasteiger charge is -2.13. The molecule has 0 bridgehead atoms. The standard InChI is InChI=1S/C11H12F3NO/c1-16-10-6-2-5-9(11(12,13)14)8(10)4-3-7-15/h2-6H,7,15H2,1H3/b4-3+. The van der Waals surface area contributed by atoms with Crippen LogP contribution in [0.3, 0.4) is 0 Å². The molecule has 0 unspecified atom stereocenters. The van der Waals surface area contributed by atoms with Crippen LogP contribution < -0.4 is 10.5 Å². The van der Waals surface area contributed by atoms with E-state index in [0.29, 0.717) is 0 Å². The highest BCUT2D eigenvalue weighted by molar-refractivity contribution is 5.62. The summed E-state index contributed by atoms with van der Waals surface area (Å²) in [6, 6.07) is 3.80. The summed E-state index contributed by atoms with van der Waals surface area (Å²) in [5, 5.41) is 0. The summed E-state index contributed by atoms with van der Waals surface area (Å²) in [4.78, 5) is 0. The smallest absolute Gasteiger partial charge is 0.417 e. The van der Waals surface area contributed by atoms with E-state index in [1.165, 1.54) is 31.4 Å². The lowest BCUT2D eigenvalue weighted by molar-refractivity contribution is -0.137. The van der Waals surface area contributed by atoms with Crippen molar-refractivity contribution in [2.75, 3.05) is 13.7 Å². The molecular weight excluding hydrogens is 219 g/mol. The van der Waals surface area contributed by atoms with E-state index in [1.807, 2.05) is 0 Å². The molecule has 1 rings (SSSR count). The molecule has 0 saturated heterocycles. The molecule has 88 valence electrons. The van der Waals surface area contributed by atoms with Gasteiger partial charge in [-0.15, -0.1) is 0 Å². The van der Waals surface area contributed by atoms with E-state index in [9.17, 15) is 13.2 Å². The Morgan fingerprint density at radius 2 is 2.06 bits per heavy atom. The first kappa shape index (κ1) is 12.6. The Bertz CT molecular complexity index is 385. The summed E-state index contributed by atoms with van der Waals surface area (Å²) in [7, 11) is 1.33. The van der Waals surface area contributed by atoms with Crippen LogP contribution in [0.1, 0.15) is 11.1 Å². The van der Waals surface area contributed by atoms with Crippen molar-refractivity contribution >= 4 is 6.08 Å². The first-order chi connectivity index (χ1) is 7.50. The Kier molecular flexibility index (Phi) is 3.95. The zero-order valence-electron chi connectivity index (χ0n) is 8.71. The van der Waals surface area contributed by atoms with E-state index in [2.05, 4.69) is 0 Å². The molecule has 0 heterocycles. The van der Waals surface area contributed by atoms with E-state index in [0.717, 1.165) is 6.07 Å². The maximum atomic E-state index is 12.7. The lowest BCUT2D eigenvalue weighted by Crippen LogP contribution is -2.08. The molecule has 0 spiro atoms. The van der Waals surface area contributed by atoms with E-state index in [1.54, 1.807) is 0 Å². The molecule has 0 amide bonds. The summed E-state index contributed by atoms with van der Waals surface area (Å²) in [5.74, 6) is 0.180. The average Bonchev–Trinajstić information content (AvgIpc) is 2.24. The Balaban J connectivity index is 3.32. The van der Waals surface area contributed by atoms with Crippen molar-refractivity contribution in [2.45, 2.75) is 6.18 Å². The van der Waals surface area contributed by atoms with Crippen molar-refractivity contribution in [3.63, 3.8) is 0 Å². The Hall–Kier alpha value is -1.49. The summed E-state index contributed by atoms with van der Waals surface area (Å²) < 4.78 is 42.9. The van der Waals surface area contributed by atoms with E-state index in [-0.39, 0.29) is 17.9 Å². The monoisotopic (exact) mass is 231 g/mol. The van der Waals surface area contributed by atoms with Gasteiger partial charge in [-0.25, -0.2) is 0 Å². The number of methoxy groups -OCH3 is 1. The molecular formula is C11H12F3NO. The summed E-state index contributed by atoms with van der Waals surface area (Å²) in [5.41, 5.74) is 4.50. The first-order valence-electron chi connectivity index (χ1n) is 4.61. The van der Waals surface area contributed by atoms with Gasteiger partial charge in [0.15, 0.2) is 0 Å². The third kappa shape index (κ3) is 2.76. The summed E-state index contributed by atoms with van der Waals surface area (Å²) in [6.07, 6.45) is -1.63. The number of nitrogens with two attached hydrogens (primary N) is 1. The number of hydrogen-bond donors (Lipinski definition) is 1. The molecule has 0 aliphatic carbocycles. The van der Waals surface area contributed by atoms with Gasteiger partial charge in [0.1, 0.15) is 5.75 Å². The molecule has 0 aromatic heterocycles. The highest BCUT2D eigenvalue weighted by atomic mass is 19.4. The molecule has 16 heavy (non-hydrogen) atoms. The lowest BCUT2D eigenvalue weighted by atomic mass is 10.1. The summed E-state index contributed by atoms with van der Waals surface area (Å²) >= 11 is 0. The van der Waals surface area contributed by atoms with Crippen LogP contribution in [0.15, 0.2) is 24.3 Å². The number of benzene rings is 1. The molecule has 0 saturated carbocycles. The molecule has 2 N–H and O–H groups in total. The predicted octanol–water partition coefficient (Wildman–Crippen LogP) is 2.69. The molecule has 5 heteroatoms. The fourth-order valence-corrected chi connectivity index (χ4v) is 1.33. The van der Waals surface area contributed by atoms with Crippen molar-refractivity contribution in [3.8, 4) is 5.75 Å². The van der Waals surface area contributed by atoms with Crippen molar-refractivity contribution < 1.29 is 17.9 Å². The molecule has 0 aliphatic heterocycles. The van der Waals surface area contributed by atoms with E-state index >= 15 is 0 Å². The number of halogens is 3. The molecule has 1 aromatic rings. The van der Waals surface area contributed by atoms with Crippen LogP contribution in [-0.4, -0.2) is 13.7 Å². The van der Waals surface area contributed by atoms with Crippen LogP contribution in [0.5, 0.6) is 5.75 Å². The predicted molar refractivity (Wildman–Crippen MR) is 56.1 cm³/mol.